The molecule has 0 aromatic carbocycles. The van der Waals surface area contributed by atoms with E-state index in [-0.39, 0.29) is 0 Å². The Kier molecular flexibility index (Phi) is 2.31. The zero-order chi connectivity index (χ0) is 11.3. The molecular weight excluding hydrogens is 198 g/mol. The van der Waals surface area contributed by atoms with E-state index >= 15 is 0 Å². The molecule has 0 aromatic rings. The van der Waals surface area contributed by atoms with Crippen molar-refractivity contribution in [2.24, 2.45) is 23.2 Å². The van der Waals surface area contributed by atoms with E-state index in [1.165, 1.54) is 19.3 Å². The predicted octanol–water partition coefficient (Wildman–Crippen LogP) is 2.68. The number of hydrogen-bond donors (Lipinski definition) is 0. The molecule has 2 aliphatic carbocycles. The Labute approximate surface area is 98.4 Å². The maximum Gasteiger partial charge on any atom is 0.225 e. The lowest BCUT2D eigenvalue weighted by atomic mass is 9.88. The van der Waals surface area contributed by atoms with Crippen molar-refractivity contribution >= 4 is 5.91 Å². The van der Waals surface area contributed by atoms with Crippen LogP contribution in [0, 0.1) is 23.2 Å². The van der Waals surface area contributed by atoms with E-state index in [0.29, 0.717) is 17.2 Å². The van der Waals surface area contributed by atoms with E-state index in [4.69, 9.17) is 0 Å². The monoisotopic (exact) mass is 221 g/mol. The molecule has 1 heterocycles. The van der Waals surface area contributed by atoms with Crippen LogP contribution in [-0.2, 0) is 4.79 Å². The minimum atomic E-state index is 0.370. The van der Waals surface area contributed by atoms with Gasteiger partial charge in [-0.25, -0.2) is 0 Å². The predicted molar refractivity (Wildman–Crippen MR) is 63.9 cm³/mol. The van der Waals surface area contributed by atoms with Crippen molar-refractivity contribution in [3.63, 3.8) is 0 Å². The quantitative estimate of drug-likeness (QED) is 0.666. The van der Waals surface area contributed by atoms with E-state index in [1.54, 1.807) is 0 Å². The molecule has 3 aliphatic rings. The van der Waals surface area contributed by atoms with Gasteiger partial charge >= 0.3 is 0 Å². The summed E-state index contributed by atoms with van der Waals surface area (Å²) in [7, 11) is 0. The summed E-state index contributed by atoms with van der Waals surface area (Å²) < 4.78 is 0. The second-order valence-electron chi connectivity index (χ2n) is 6.61. The number of nitrogens with zero attached hydrogens (tertiary/aromatic N) is 1. The van der Waals surface area contributed by atoms with Crippen LogP contribution in [-0.4, -0.2) is 23.9 Å². The van der Waals surface area contributed by atoms with Gasteiger partial charge in [0.15, 0.2) is 0 Å². The summed E-state index contributed by atoms with van der Waals surface area (Å²) in [6.45, 7) is 6.80. The summed E-state index contributed by atoms with van der Waals surface area (Å²) in [6, 6.07) is 0. The number of carbonyl (C=O) groups is 1. The van der Waals surface area contributed by atoms with Crippen molar-refractivity contribution in [3.8, 4) is 0 Å². The Hall–Kier alpha value is -0.530. The van der Waals surface area contributed by atoms with Crippen LogP contribution in [0.1, 0.15) is 46.0 Å². The summed E-state index contributed by atoms with van der Waals surface area (Å²) in [5.41, 5.74) is 0.531. The molecular formula is C14H23NO. The molecule has 1 amide bonds. The third-order valence-electron chi connectivity index (χ3n) is 5.39. The summed E-state index contributed by atoms with van der Waals surface area (Å²) in [4.78, 5) is 14.5. The van der Waals surface area contributed by atoms with Crippen LogP contribution in [0.15, 0.2) is 0 Å². The molecule has 2 nitrogen and oxygen atoms in total. The highest BCUT2D eigenvalue weighted by Gasteiger charge is 2.62. The lowest BCUT2D eigenvalue weighted by molar-refractivity contribution is -0.136. The molecule has 2 saturated carbocycles. The Bertz CT molecular complexity index is 290. The first kappa shape index (κ1) is 10.6. The molecule has 16 heavy (non-hydrogen) atoms. The largest absolute Gasteiger partial charge is 0.342 e. The molecule has 2 heteroatoms. The first-order valence-corrected chi connectivity index (χ1v) is 6.89. The smallest absolute Gasteiger partial charge is 0.225 e. The van der Waals surface area contributed by atoms with Crippen LogP contribution in [0.2, 0.25) is 0 Å². The van der Waals surface area contributed by atoms with E-state index < -0.39 is 0 Å². The number of hydrogen-bond acceptors (Lipinski definition) is 1. The number of fused-ring (bicyclic) bond motifs is 1. The highest BCUT2D eigenvalue weighted by Crippen LogP contribution is 2.62. The summed E-state index contributed by atoms with van der Waals surface area (Å²) in [5.74, 6) is 2.46. The maximum atomic E-state index is 12.3. The number of piperidine rings is 1. The topological polar surface area (TPSA) is 20.3 Å². The average Bonchev–Trinajstić information content (AvgIpc) is 2.72. The molecule has 0 aromatic heterocycles. The molecule has 1 saturated heterocycles. The van der Waals surface area contributed by atoms with Crippen molar-refractivity contribution in [1.29, 1.82) is 0 Å². The zero-order valence-electron chi connectivity index (χ0n) is 10.5. The Balaban J connectivity index is 1.57. The van der Waals surface area contributed by atoms with Gasteiger partial charge < -0.3 is 4.90 Å². The lowest BCUT2D eigenvalue weighted by Gasteiger charge is -2.28. The maximum absolute atomic E-state index is 12.3. The third kappa shape index (κ3) is 1.49. The molecule has 0 N–H and O–H groups in total. The van der Waals surface area contributed by atoms with Crippen molar-refractivity contribution < 1.29 is 4.79 Å². The van der Waals surface area contributed by atoms with Crippen LogP contribution >= 0.6 is 0 Å². The molecule has 90 valence electrons. The van der Waals surface area contributed by atoms with E-state index in [9.17, 15) is 4.79 Å². The number of carbonyl (C=O) groups excluding carboxylic acids is 1. The van der Waals surface area contributed by atoms with Gasteiger partial charge in [0, 0.05) is 19.0 Å². The standard InChI is InChI=1S/C14H23NO/c1-14(2)11-8-15(9-12(11)14)13(16)10-6-4-3-5-7-10/h10-12H,3-9H2,1-2H3. The number of rotatable bonds is 1. The van der Waals surface area contributed by atoms with Gasteiger partial charge in [0.25, 0.3) is 0 Å². The minimum absolute atomic E-state index is 0.370. The van der Waals surface area contributed by atoms with Gasteiger partial charge in [0.1, 0.15) is 0 Å². The van der Waals surface area contributed by atoms with Gasteiger partial charge in [-0.1, -0.05) is 33.1 Å². The molecule has 2 unspecified atom stereocenters. The Morgan fingerprint density at radius 3 is 2.19 bits per heavy atom. The van der Waals surface area contributed by atoms with Gasteiger partial charge in [-0.3, -0.25) is 4.79 Å². The fourth-order valence-corrected chi connectivity index (χ4v) is 3.92. The van der Waals surface area contributed by atoms with Gasteiger partial charge in [0.05, 0.1) is 0 Å². The fourth-order valence-electron chi connectivity index (χ4n) is 3.92. The van der Waals surface area contributed by atoms with Gasteiger partial charge in [-0.15, -0.1) is 0 Å². The summed E-state index contributed by atoms with van der Waals surface area (Å²) >= 11 is 0. The second kappa shape index (κ2) is 3.48. The van der Waals surface area contributed by atoms with Crippen LogP contribution in [0.3, 0.4) is 0 Å². The summed E-state index contributed by atoms with van der Waals surface area (Å²) in [5, 5.41) is 0. The molecule has 3 rings (SSSR count). The normalized spacial score (nSPS) is 37.2. The third-order valence-corrected chi connectivity index (χ3v) is 5.39. The molecule has 2 atom stereocenters. The number of likely N-dealkylation sites (tertiary alicyclic amines) is 1. The highest BCUT2D eigenvalue weighted by atomic mass is 16.2. The SMILES string of the molecule is CC1(C)C2CN(C(=O)C3CCCCC3)CC21. The van der Waals surface area contributed by atoms with E-state index in [1.807, 2.05) is 0 Å². The Morgan fingerprint density at radius 1 is 1.06 bits per heavy atom. The van der Waals surface area contributed by atoms with E-state index in [2.05, 4.69) is 18.7 Å². The highest BCUT2D eigenvalue weighted by molar-refractivity contribution is 5.79. The van der Waals surface area contributed by atoms with Crippen molar-refractivity contribution in [3.05, 3.63) is 0 Å². The van der Waals surface area contributed by atoms with Crippen LogP contribution in [0.25, 0.3) is 0 Å². The van der Waals surface area contributed by atoms with Gasteiger partial charge in [-0.2, -0.15) is 0 Å². The first-order chi connectivity index (χ1) is 7.60. The van der Waals surface area contributed by atoms with E-state index in [0.717, 1.165) is 37.8 Å². The van der Waals surface area contributed by atoms with Crippen LogP contribution < -0.4 is 0 Å². The average molecular weight is 221 g/mol. The number of amides is 1. The minimum Gasteiger partial charge on any atom is -0.342 e. The summed E-state index contributed by atoms with van der Waals surface area (Å²) in [6.07, 6.45) is 6.16. The van der Waals surface area contributed by atoms with Crippen LogP contribution in [0.4, 0.5) is 0 Å². The van der Waals surface area contributed by atoms with Crippen molar-refractivity contribution in [1.82, 2.24) is 4.90 Å². The fraction of sp³-hybridized carbons (Fsp3) is 0.929. The zero-order valence-corrected chi connectivity index (χ0v) is 10.5. The molecule has 0 radical (unpaired) electrons. The first-order valence-electron chi connectivity index (χ1n) is 6.89. The second-order valence-corrected chi connectivity index (χ2v) is 6.61. The van der Waals surface area contributed by atoms with Crippen molar-refractivity contribution in [2.75, 3.05) is 13.1 Å². The van der Waals surface area contributed by atoms with Gasteiger partial charge in [-0.05, 0) is 30.1 Å². The van der Waals surface area contributed by atoms with Crippen LogP contribution in [0.5, 0.6) is 0 Å². The Morgan fingerprint density at radius 2 is 1.62 bits per heavy atom. The molecule has 3 fully saturated rings. The molecule has 0 spiro atoms. The van der Waals surface area contributed by atoms with Gasteiger partial charge in [0.2, 0.25) is 5.91 Å². The van der Waals surface area contributed by atoms with Crippen molar-refractivity contribution in [2.45, 2.75) is 46.0 Å². The lowest BCUT2D eigenvalue weighted by Crippen LogP contribution is -2.38. The molecule has 1 aliphatic heterocycles. The molecule has 0 bridgehead atoms.